The minimum absolute atomic E-state index is 0.142. The zero-order valence-electron chi connectivity index (χ0n) is 9.46. The van der Waals surface area contributed by atoms with Crippen molar-refractivity contribution >= 4 is 10.1 Å². The zero-order valence-corrected chi connectivity index (χ0v) is 10.3. The lowest BCUT2D eigenvalue weighted by atomic mass is 9.88. The van der Waals surface area contributed by atoms with Gasteiger partial charge in [0, 0.05) is 5.92 Å². The van der Waals surface area contributed by atoms with Gasteiger partial charge in [-0.05, 0) is 31.1 Å². The molecule has 1 saturated carbocycles. The molecule has 88 valence electrons. The maximum atomic E-state index is 11.2. The van der Waals surface area contributed by atoms with Crippen LogP contribution < -0.4 is 0 Å². The predicted octanol–water partition coefficient (Wildman–Crippen LogP) is 1.73. The minimum Gasteiger partial charge on any atom is -0.266 e. The SMILES string of the molecule is CC1=C[C@@H]2C=C[C@H]3C[C@@H](OS(C)(=O)=O)[C@H]1[C@H]23. The molecule has 0 aromatic carbocycles. The van der Waals surface area contributed by atoms with Gasteiger partial charge in [0.2, 0.25) is 0 Å². The standard InChI is InChI=1S/C12H16O3S/c1-7-5-8-3-4-9-6-10(11(7)12(8)9)15-16(2,13)14/h3-5,8-12H,6H2,1-2H3/t8-,9-,10+,11-,12+/m0/s1. The second-order valence-electron chi connectivity index (χ2n) is 5.21. The summed E-state index contributed by atoms with van der Waals surface area (Å²) in [6.45, 7) is 2.10. The van der Waals surface area contributed by atoms with Crippen molar-refractivity contribution in [2.75, 3.05) is 6.26 Å². The Morgan fingerprint density at radius 2 is 2.12 bits per heavy atom. The molecule has 4 heteroatoms. The molecule has 1 fully saturated rings. The summed E-state index contributed by atoms with van der Waals surface area (Å²) < 4.78 is 27.7. The molecule has 3 rings (SSSR count). The summed E-state index contributed by atoms with van der Waals surface area (Å²) >= 11 is 0. The molecule has 3 nitrogen and oxygen atoms in total. The van der Waals surface area contributed by atoms with Crippen LogP contribution in [0.2, 0.25) is 0 Å². The minimum atomic E-state index is -3.34. The molecule has 0 aromatic heterocycles. The fraction of sp³-hybridized carbons (Fsp3) is 0.667. The van der Waals surface area contributed by atoms with Crippen LogP contribution in [0.5, 0.6) is 0 Å². The van der Waals surface area contributed by atoms with Crippen molar-refractivity contribution in [1.82, 2.24) is 0 Å². The topological polar surface area (TPSA) is 43.4 Å². The second kappa shape index (κ2) is 3.20. The molecule has 0 saturated heterocycles. The Labute approximate surface area is 96.3 Å². The molecule has 16 heavy (non-hydrogen) atoms. The number of hydrogen-bond donors (Lipinski definition) is 0. The Bertz CT molecular complexity index is 474. The van der Waals surface area contributed by atoms with Gasteiger partial charge in [0.15, 0.2) is 0 Å². The zero-order chi connectivity index (χ0) is 11.5. The molecule has 0 heterocycles. The molecule has 3 aliphatic carbocycles. The molecule has 0 bridgehead atoms. The van der Waals surface area contributed by atoms with E-state index in [0.717, 1.165) is 12.7 Å². The number of allylic oxidation sites excluding steroid dienone is 3. The first-order valence-electron chi connectivity index (χ1n) is 5.70. The monoisotopic (exact) mass is 240 g/mol. The van der Waals surface area contributed by atoms with Gasteiger partial charge in [-0.3, -0.25) is 4.18 Å². The Balaban J connectivity index is 1.90. The molecular formula is C12H16O3S. The van der Waals surface area contributed by atoms with Crippen LogP contribution in [-0.2, 0) is 14.3 Å². The van der Waals surface area contributed by atoms with E-state index in [1.165, 1.54) is 5.57 Å². The molecule has 0 spiro atoms. The van der Waals surface area contributed by atoms with Gasteiger partial charge in [-0.15, -0.1) is 0 Å². The third-order valence-electron chi connectivity index (χ3n) is 4.12. The summed E-state index contributed by atoms with van der Waals surface area (Å²) in [6, 6.07) is 0. The first-order chi connectivity index (χ1) is 7.46. The Morgan fingerprint density at radius 3 is 2.81 bits per heavy atom. The van der Waals surface area contributed by atoms with Crippen LogP contribution >= 0.6 is 0 Å². The smallest absolute Gasteiger partial charge is 0.264 e. The number of hydrogen-bond acceptors (Lipinski definition) is 3. The lowest BCUT2D eigenvalue weighted by Crippen LogP contribution is -2.24. The van der Waals surface area contributed by atoms with Crippen LogP contribution in [0.3, 0.4) is 0 Å². The highest BCUT2D eigenvalue weighted by atomic mass is 32.2. The van der Waals surface area contributed by atoms with Crippen molar-refractivity contribution in [1.29, 1.82) is 0 Å². The molecule has 0 amide bonds. The molecule has 0 aromatic rings. The third kappa shape index (κ3) is 1.47. The van der Waals surface area contributed by atoms with E-state index in [4.69, 9.17) is 4.18 Å². The molecule has 5 atom stereocenters. The predicted molar refractivity (Wildman–Crippen MR) is 61.2 cm³/mol. The van der Waals surface area contributed by atoms with Gasteiger partial charge in [0.05, 0.1) is 12.4 Å². The van der Waals surface area contributed by atoms with Crippen LogP contribution in [0.25, 0.3) is 0 Å². The summed E-state index contributed by atoms with van der Waals surface area (Å²) in [6.07, 6.45) is 8.61. The highest BCUT2D eigenvalue weighted by Crippen LogP contribution is 2.55. The fourth-order valence-corrected chi connectivity index (χ4v) is 4.37. The van der Waals surface area contributed by atoms with Gasteiger partial charge in [-0.2, -0.15) is 8.42 Å². The molecular weight excluding hydrogens is 224 g/mol. The van der Waals surface area contributed by atoms with Gasteiger partial charge in [0.25, 0.3) is 10.1 Å². The van der Waals surface area contributed by atoms with Crippen LogP contribution in [0.1, 0.15) is 13.3 Å². The molecule has 3 aliphatic rings. The largest absolute Gasteiger partial charge is 0.266 e. The first-order valence-corrected chi connectivity index (χ1v) is 7.52. The van der Waals surface area contributed by atoms with Gasteiger partial charge < -0.3 is 0 Å². The summed E-state index contributed by atoms with van der Waals surface area (Å²) in [7, 11) is -3.34. The average Bonchev–Trinajstić information content (AvgIpc) is 2.70. The molecule has 0 radical (unpaired) electrons. The maximum absolute atomic E-state index is 11.2. The van der Waals surface area contributed by atoms with Crippen molar-refractivity contribution in [3.63, 3.8) is 0 Å². The number of rotatable bonds is 2. The summed E-state index contributed by atoms with van der Waals surface area (Å²) in [5.41, 5.74) is 1.30. The van der Waals surface area contributed by atoms with Crippen molar-refractivity contribution in [3.8, 4) is 0 Å². The first kappa shape index (κ1) is 10.5. The van der Waals surface area contributed by atoms with E-state index in [9.17, 15) is 8.42 Å². The van der Waals surface area contributed by atoms with Crippen molar-refractivity contribution in [2.45, 2.75) is 19.4 Å². The lowest BCUT2D eigenvalue weighted by molar-refractivity contribution is 0.172. The average molecular weight is 240 g/mol. The van der Waals surface area contributed by atoms with Crippen LogP contribution in [0.4, 0.5) is 0 Å². The van der Waals surface area contributed by atoms with Crippen molar-refractivity contribution < 1.29 is 12.6 Å². The van der Waals surface area contributed by atoms with Gasteiger partial charge in [0.1, 0.15) is 0 Å². The highest BCUT2D eigenvalue weighted by molar-refractivity contribution is 7.86. The van der Waals surface area contributed by atoms with Crippen LogP contribution in [0, 0.1) is 23.7 Å². The molecule has 0 aliphatic heterocycles. The maximum Gasteiger partial charge on any atom is 0.264 e. The van der Waals surface area contributed by atoms with Gasteiger partial charge >= 0.3 is 0 Å². The fourth-order valence-electron chi connectivity index (χ4n) is 3.72. The second-order valence-corrected chi connectivity index (χ2v) is 6.82. The van der Waals surface area contributed by atoms with E-state index in [2.05, 4.69) is 25.2 Å². The summed E-state index contributed by atoms with van der Waals surface area (Å²) in [5.74, 6) is 1.89. The van der Waals surface area contributed by atoms with E-state index in [-0.39, 0.29) is 6.10 Å². The van der Waals surface area contributed by atoms with Gasteiger partial charge in [-0.25, -0.2) is 0 Å². The van der Waals surface area contributed by atoms with Crippen molar-refractivity contribution in [2.24, 2.45) is 23.7 Å². The highest BCUT2D eigenvalue weighted by Gasteiger charge is 2.52. The van der Waals surface area contributed by atoms with Crippen molar-refractivity contribution in [3.05, 3.63) is 23.8 Å². The normalized spacial score (nSPS) is 44.9. The summed E-state index contributed by atoms with van der Waals surface area (Å²) in [5, 5.41) is 0. The van der Waals surface area contributed by atoms with E-state index in [1.54, 1.807) is 0 Å². The van der Waals surface area contributed by atoms with Crippen LogP contribution in [-0.4, -0.2) is 20.8 Å². The summed E-state index contributed by atoms with van der Waals surface area (Å²) in [4.78, 5) is 0. The lowest BCUT2D eigenvalue weighted by Gasteiger charge is -2.20. The quantitative estimate of drug-likeness (QED) is 0.545. The van der Waals surface area contributed by atoms with Crippen LogP contribution in [0.15, 0.2) is 23.8 Å². The van der Waals surface area contributed by atoms with E-state index >= 15 is 0 Å². The van der Waals surface area contributed by atoms with E-state index in [0.29, 0.717) is 23.7 Å². The third-order valence-corrected chi connectivity index (χ3v) is 4.72. The van der Waals surface area contributed by atoms with E-state index in [1.807, 2.05) is 0 Å². The Hall–Kier alpha value is -0.610. The van der Waals surface area contributed by atoms with Gasteiger partial charge in [-0.1, -0.05) is 23.8 Å². The Morgan fingerprint density at radius 1 is 1.38 bits per heavy atom. The molecule has 0 N–H and O–H groups in total. The van der Waals surface area contributed by atoms with E-state index < -0.39 is 10.1 Å². The Kier molecular flexibility index (Phi) is 2.11. The molecule has 0 unspecified atom stereocenters.